The van der Waals surface area contributed by atoms with Gasteiger partial charge in [0.2, 0.25) is 5.91 Å². The second-order valence-corrected chi connectivity index (χ2v) is 5.45. The Morgan fingerprint density at radius 3 is 2.12 bits per heavy atom. The summed E-state index contributed by atoms with van der Waals surface area (Å²) in [5.74, 6) is 1.06. The van der Waals surface area contributed by atoms with Crippen LogP contribution in [0.3, 0.4) is 0 Å². The molecule has 0 unspecified atom stereocenters. The maximum Gasteiger partial charge on any atom is 0.225 e. The summed E-state index contributed by atoms with van der Waals surface area (Å²) in [7, 11) is 0. The molecule has 6 nitrogen and oxygen atoms in total. The highest BCUT2D eigenvalue weighted by Crippen LogP contribution is 2.20. The van der Waals surface area contributed by atoms with Gasteiger partial charge in [-0.3, -0.25) is 4.79 Å². The number of nitrogens with zero attached hydrogens (tertiary/aromatic N) is 3. The minimum atomic E-state index is -0.0421. The lowest BCUT2D eigenvalue weighted by Crippen LogP contribution is -2.21. The first kappa shape index (κ1) is 17.7. The van der Waals surface area contributed by atoms with Crippen molar-refractivity contribution in [3.63, 3.8) is 0 Å². The third-order valence-corrected chi connectivity index (χ3v) is 3.68. The number of anilines is 4. The molecule has 0 saturated carbocycles. The van der Waals surface area contributed by atoms with Crippen molar-refractivity contribution < 1.29 is 4.79 Å². The highest BCUT2D eigenvalue weighted by molar-refractivity contribution is 5.89. The van der Waals surface area contributed by atoms with Gasteiger partial charge in [-0.25, -0.2) is 0 Å². The Morgan fingerprint density at radius 1 is 0.958 bits per heavy atom. The average Bonchev–Trinajstić information content (AvgIpc) is 2.59. The smallest absolute Gasteiger partial charge is 0.225 e. The number of aromatic nitrogens is 2. The van der Waals surface area contributed by atoms with E-state index in [2.05, 4.69) is 51.7 Å². The van der Waals surface area contributed by atoms with E-state index in [1.807, 2.05) is 19.1 Å². The lowest BCUT2D eigenvalue weighted by atomic mass is 10.2. The van der Waals surface area contributed by atoms with Gasteiger partial charge in [0.25, 0.3) is 0 Å². The van der Waals surface area contributed by atoms with Gasteiger partial charge in [-0.1, -0.05) is 6.92 Å². The van der Waals surface area contributed by atoms with E-state index < -0.39 is 0 Å². The van der Waals surface area contributed by atoms with Gasteiger partial charge in [-0.15, -0.1) is 10.2 Å². The lowest BCUT2D eigenvalue weighted by molar-refractivity contribution is -0.116. The molecule has 0 atom stereocenters. The Hall–Kier alpha value is -2.63. The molecule has 0 spiro atoms. The molecule has 0 aliphatic heterocycles. The van der Waals surface area contributed by atoms with Gasteiger partial charge in [0.05, 0.1) is 0 Å². The second kappa shape index (κ2) is 8.86. The number of rotatable bonds is 8. The Bertz CT molecular complexity index is 635. The van der Waals surface area contributed by atoms with Crippen molar-refractivity contribution in [2.45, 2.75) is 33.6 Å². The van der Waals surface area contributed by atoms with Crippen molar-refractivity contribution in [3.05, 3.63) is 36.4 Å². The van der Waals surface area contributed by atoms with Crippen LogP contribution < -0.4 is 15.5 Å². The maximum absolute atomic E-state index is 11.5. The number of hydrogen-bond acceptors (Lipinski definition) is 5. The molecule has 24 heavy (non-hydrogen) atoms. The third-order valence-electron chi connectivity index (χ3n) is 3.68. The fraction of sp³-hybridized carbons (Fsp3) is 0.389. The zero-order valence-corrected chi connectivity index (χ0v) is 14.5. The SMILES string of the molecule is CCCC(=O)Nc1ccc(Nc2ccc(N(CC)CC)cc2)nn1. The number of hydrogen-bond donors (Lipinski definition) is 2. The van der Waals surface area contributed by atoms with E-state index in [9.17, 15) is 4.79 Å². The molecule has 2 rings (SSSR count). The normalized spacial score (nSPS) is 10.3. The summed E-state index contributed by atoms with van der Waals surface area (Å²) < 4.78 is 0. The first-order valence-electron chi connectivity index (χ1n) is 8.41. The standard InChI is InChI=1S/C18H25N5O/c1-4-7-18(24)20-17-13-12-16(21-22-17)19-14-8-10-15(11-9-14)23(5-2)6-3/h8-13H,4-7H2,1-3H3,(H,19,21)(H,20,22,24). The van der Waals surface area contributed by atoms with Crippen LogP contribution in [0.25, 0.3) is 0 Å². The molecular formula is C18H25N5O. The maximum atomic E-state index is 11.5. The third kappa shape index (κ3) is 4.94. The van der Waals surface area contributed by atoms with Crippen LogP contribution in [0.2, 0.25) is 0 Å². The number of benzene rings is 1. The van der Waals surface area contributed by atoms with Gasteiger partial charge in [-0.2, -0.15) is 0 Å². The van der Waals surface area contributed by atoms with E-state index in [1.165, 1.54) is 5.69 Å². The van der Waals surface area contributed by atoms with Gasteiger partial charge in [0.15, 0.2) is 11.6 Å². The van der Waals surface area contributed by atoms with Gasteiger partial charge < -0.3 is 15.5 Å². The Kier molecular flexibility index (Phi) is 6.54. The molecule has 0 saturated heterocycles. The van der Waals surface area contributed by atoms with E-state index in [1.54, 1.807) is 12.1 Å². The summed E-state index contributed by atoms with van der Waals surface area (Å²) in [6, 6.07) is 11.8. The molecule has 0 bridgehead atoms. The van der Waals surface area contributed by atoms with Gasteiger partial charge in [-0.05, 0) is 56.7 Å². The quantitative estimate of drug-likeness (QED) is 0.771. The van der Waals surface area contributed by atoms with E-state index in [0.717, 1.165) is 25.2 Å². The monoisotopic (exact) mass is 327 g/mol. The number of nitrogens with one attached hydrogen (secondary N) is 2. The van der Waals surface area contributed by atoms with Crippen molar-refractivity contribution in [1.82, 2.24) is 10.2 Å². The molecule has 128 valence electrons. The summed E-state index contributed by atoms with van der Waals surface area (Å²) in [6.07, 6.45) is 1.29. The molecule has 2 N–H and O–H groups in total. The van der Waals surface area contributed by atoms with Crippen LogP contribution in [-0.2, 0) is 4.79 Å². The summed E-state index contributed by atoms with van der Waals surface area (Å²) in [5.41, 5.74) is 2.15. The van der Waals surface area contributed by atoms with Crippen LogP contribution in [0.1, 0.15) is 33.6 Å². The molecule has 0 radical (unpaired) electrons. The summed E-state index contributed by atoms with van der Waals surface area (Å²) in [5, 5.41) is 14.0. The molecule has 6 heteroatoms. The molecule has 0 fully saturated rings. The Balaban J connectivity index is 1.97. The number of carbonyl (C=O) groups is 1. The molecule has 0 aliphatic rings. The lowest BCUT2D eigenvalue weighted by Gasteiger charge is -2.21. The predicted molar refractivity (Wildman–Crippen MR) is 98.9 cm³/mol. The van der Waals surface area contributed by atoms with Crippen molar-refractivity contribution in [3.8, 4) is 0 Å². The van der Waals surface area contributed by atoms with E-state index >= 15 is 0 Å². The summed E-state index contributed by atoms with van der Waals surface area (Å²) in [4.78, 5) is 13.8. The molecule has 2 aromatic rings. The van der Waals surface area contributed by atoms with Gasteiger partial charge >= 0.3 is 0 Å². The van der Waals surface area contributed by atoms with Crippen LogP contribution in [0.15, 0.2) is 36.4 Å². The molecule has 1 aromatic carbocycles. The fourth-order valence-electron chi connectivity index (χ4n) is 2.39. The summed E-state index contributed by atoms with van der Waals surface area (Å²) >= 11 is 0. The first-order chi connectivity index (χ1) is 11.7. The van der Waals surface area contributed by atoms with E-state index in [0.29, 0.717) is 18.1 Å². The second-order valence-electron chi connectivity index (χ2n) is 5.45. The van der Waals surface area contributed by atoms with Crippen LogP contribution in [0.4, 0.5) is 23.0 Å². The predicted octanol–water partition coefficient (Wildman–Crippen LogP) is 3.81. The Morgan fingerprint density at radius 2 is 1.58 bits per heavy atom. The van der Waals surface area contributed by atoms with Crippen LogP contribution >= 0.6 is 0 Å². The molecule has 1 heterocycles. The van der Waals surface area contributed by atoms with Gasteiger partial charge in [0, 0.05) is 30.9 Å². The Labute approximate surface area is 143 Å². The molecule has 0 aliphatic carbocycles. The van der Waals surface area contributed by atoms with Crippen molar-refractivity contribution >= 4 is 28.9 Å². The largest absolute Gasteiger partial charge is 0.372 e. The first-order valence-corrected chi connectivity index (χ1v) is 8.41. The zero-order valence-electron chi connectivity index (χ0n) is 14.5. The van der Waals surface area contributed by atoms with Crippen molar-refractivity contribution in [2.75, 3.05) is 28.6 Å². The number of carbonyl (C=O) groups excluding carboxylic acids is 1. The zero-order chi connectivity index (χ0) is 17.4. The van der Waals surface area contributed by atoms with Crippen molar-refractivity contribution in [2.24, 2.45) is 0 Å². The number of amides is 1. The van der Waals surface area contributed by atoms with E-state index in [-0.39, 0.29) is 5.91 Å². The molecule has 1 amide bonds. The van der Waals surface area contributed by atoms with Crippen LogP contribution in [0.5, 0.6) is 0 Å². The van der Waals surface area contributed by atoms with Crippen LogP contribution in [-0.4, -0.2) is 29.2 Å². The minimum Gasteiger partial charge on any atom is -0.372 e. The highest BCUT2D eigenvalue weighted by atomic mass is 16.1. The fourth-order valence-corrected chi connectivity index (χ4v) is 2.39. The molecular weight excluding hydrogens is 302 g/mol. The topological polar surface area (TPSA) is 70.2 Å². The molecule has 1 aromatic heterocycles. The van der Waals surface area contributed by atoms with Crippen molar-refractivity contribution in [1.29, 1.82) is 0 Å². The average molecular weight is 327 g/mol. The highest BCUT2D eigenvalue weighted by Gasteiger charge is 2.04. The minimum absolute atomic E-state index is 0.0421. The van der Waals surface area contributed by atoms with Crippen LogP contribution in [0, 0.1) is 0 Å². The van der Waals surface area contributed by atoms with E-state index in [4.69, 9.17) is 0 Å². The van der Waals surface area contributed by atoms with Gasteiger partial charge in [0.1, 0.15) is 0 Å². The summed E-state index contributed by atoms with van der Waals surface area (Å²) in [6.45, 7) is 8.22.